The monoisotopic (exact) mass is 2140 g/mol. The van der Waals surface area contributed by atoms with Gasteiger partial charge in [0, 0.05) is 0 Å². The van der Waals surface area contributed by atoms with Crippen LogP contribution < -0.4 is 0 Å². The number of hydrogen-bond donors (Lipinski definition) is 0. The zero-order valence-corrected chi connectivity index (χ0v) is 112. The Labute approximate surface area is 749 Å². The van der Waals surface area contributed by atoms with Gasteiger partial charge in [-0.05, 0) is 373 Å². The molecule has 0 heterocycles. The van der Waals surface area contributed by atoms with Crippen molar-refractivity contribution in [3.8, 4) is 0 Å². The van der Waals surface area contributed by atoms with Gasteiger partial charge < -0.3 is 116 Å². The van der Waals surface area contributed by atoms with Crippen LogP contribution in [0.3, 0.4) is 0 Å². The number of rotatable bonds is 58. The second-order valence-corrected chi connectivity index (χ2v) is 143. The molecule has 0 spiro atoms. The van der Waals surface area contributed by atoms with Crippen LogP contribution in [0.1, 0.15) is 12.8 Å². The third kappa shape index (κ3) is 57.3. The molecule has 0 amide bonds. The molecule has 706 valence electrons. The molecule has 0 bridgehead atoms. The van der Waals surface area contributed by atoms with E-state index in [1.165, 1.54) is 0 Å². The average Bonchev–Trinajstić information content (AvgIpc) is 0.802. The fourth-order valence-electron chi connectivity index (χ4n) is 17.1. The van der Waals surface area contributed by atoms with Gasteiger partial charge >= 0.3 is 220 Å². The van der Waals surface area contributed by atoms with Crippen LogP contribution in [0.25, 0.3) is 0 Å². The molecule has 0 aliphatic heterocycles. The zero-order chi connectivity index (χ0) is 94.4. The van der Waals surface area contributed by atoms with Crippen molar-refractivity contribution in [3.63, 3.8) is 0 Å². The largest absolute Gasteiger partial charge is 0.513 e. The lowest BCUT2D eigenvalue weighted by Crippen LogP contribution is -2.63. The van der Waals surface area contributed by atoms with Gasteiger partial charge in [-0.2, -0.15) is 0 Å². The van der Waals surface area contributed by atoms with E-state index in [1.807, 2.05) is 144 Å². The van der Waals surface area contributed by atoms with Crippen molar-refractivity contribution in [2.24, 2.45) is 0 Å². The van der Waals surface area contributed by atoms with Gasteiger partial charge in [-0.3, -0.25) is 0 Å². The lowest BCUT2D eigenvalue weighted by molar-refractivity contribution is 0.0837. The van der Waals surface area contributed by atoms with E-state index >= 15 is 0 Å². The van der Waals surface area contributed by atoms with Crippen LogP contribution in [0.5, 0.6) is 0 Å². The van der Waals surface area contributed by atoms with E-state index in [0.29, 0.717) is 6.42 Å². The van der Waals surface area contributed by atoms with Gasteiger partial charge in [0.05, 0.1) is 12.9 Å². The minimum absolute atomic E-state index is 0.273. The molecule has 0 saturated heterocycles. The smallest absolute Gasteiger partial charge is 0.437 e. The Kier molecular flexibility index (Phi) is 44.0. The van der Waals surface area contributed by atoms with E-state index < -0.39 is 237 Å². The average molecular weight is 2140 g/mol. The van der Waals surface area contributed by atoms with E-state index in [0.717, 1.165) is 18.7 Å². The molecule has 0 unspecified atom stereocenters. The normalized spacial score (nSPS) is 15.8. The first-order valence-electron chi connectivity index (χ1n) is 41.5. The first-order chi connectivity index (χ1) is 50.8. The van der Waals surface area contributed by atoms with Gasteiger partial charge in [0.1, 0.15) is 0 Å². The van der Waals surface area contributed by atoms with Crippen molar-refractivity contribution >= 4 is 237 Å². The molecule has 0 atom stereocenters. The summed E-state index contributed by atoms with van der Waals surface area (Å²) in [5, 5.41) is 0. The second-order valence-electron chi connectivity index (χ2n) is 43.4. The Morgan fingerprint density at radius 3 is 0.424 bits per heavy atom. The highest BCUT2D eigenvalue weighted by Gasteiger charge is 2.57. The third-order valence-electron chi connectivity index (χ3n) is 14.4. The molecule has 0 aromatic rings. The summed E-state index contributed by atoms with van der Waals surface area (Å²) in [6, 6.07) is 0.886. The topological polar surface area (TPSA) is 276 Å². The standard InChI is InChI=1S/C62H176O29Si27/c1-57-64-62(63)65-60-58-59-61-93(5,6)67-95(9,10)69-97(13,14)71-99(17,18)73-101(21,22)75-103(25,26)77-105(29,30)79-107(33,34)81-109(37,38)83-111(41,42)85-113(45,46)87-115(49,50)89-117(53,54)91-118(55,56)90-116(51,52)88-114(47,48)86-112(43,44)84-110(39,40)82-108(35,36)80-106(31,32)78-104(27,28)76-102(23,24)74-100(19,20)72-98(15,16)70-96(11,12)68-94(7,8)66-92(2,3)4/h57H,1,58-61H2,2-56H3. The second kappa shape index (κ2) is 42.6. The minimum Gasteiger partial charge on any atom is -0.437 e. The number of hydrogen-bond acceptors (Lipinski definition) is 29. The van der Waals surface area contributed by atoms with E-state index in [9.17, 15) is 4.79 Å². The Bertz CT molecular complexity index is 3130. The maximum Gasteiger partial charge on any atom is 0.513 e. The summed E-state index contributed by atoms with van der Waals surface area (Å²) in [6.45, 7) is 117. The summed E-state index contributed by atoms with van der Waals surface area (Å²) in [7, 11) is -75.1. The van der Waals surface area contributed by atoms with Crippen molar-refractivity contribution in [1.29, 1.82) is 0 Å². The first-order valence-corrected chi connectivity index (χ1v) is 118. The van der Waals surface area contributed by atoms with Crippen molar-refractivity contribution in [1.82, 2.24) is 0 Å². The van der Waals surface area contributed by atoms with E-state index in [2.05, 4.69) is 227 Å². The summed E-state index contributed by atoms with van der Waals surface area (Å²) in [5.74, 6) is 0. The maximum absolute atomic E-state index is 11.5. The van der Waals surface area contributed by atoms with Crippen molar-refractivity contribution < 1.29 is 121 Å². The van der Waals surface area contributed by atoms with Gasteiger partial charge in [-0.15, -0.1) is 0 Å². The number of carbonyl (C=O) groups is 1. The van der Waals surface area contributed by atoms with Gasteiger partial charge in [-0.25, -0.2) is 4.79 Å². The van der Waals surface area contributed by atoms with E-state index in [-0.39, 0.29) is 6.61 Å². The van der Waals surface area contributed by atoms with Crippen molar-refractivity contribution in [3.05, 3.63) is 12.8 Å². The van der Waals surface area contributed by atoms with Crippen LogP contribution in [-0.4, -0.2) is 243 Å². The molecule has 0 saturated carbocycles. The fourth-order valence-corrected chi connectivity index (χ4v) is 157. The quantitative estimate of drug-likeness (QED) is 0.0237. The first kappa shape index (κ1) is 122. The molecule has 0 fully saturated rings. The Morgan fingerprint density at radius 1 is 0.186 bits per heavy atom. The van der Waals surface area contributed by atoms with Crippen molar-refractivity contribution in [2.45, 2.75) is 379 Å². The molecule has 56 heteroatoms. The summed E-state index contributed by atoms with van der Waals surface area (Å²) in [4.78, 5) is 11.5. The Balaban J connectivity index is 5.90. The SMILES string of the molecule is C=COC(=O)OCCCC[Si](C)(C)O[Si](C)(C)O[Si](C)(C)O[Si](C)(C)O[Si](C)(C)O[Si](C)(C)O[Si](C)(C)O[Si](C)(C)O[Si](C)(C)O[Si](C)(C)O[Si](C)(C)O[Si](C)(C)O[Si](C)(C)O[Si](C)(C)O[Si](C)(C)O[Si](C)(C)O[Si](C)(C)O[Si](C)(C)O[Si](C)(C)O[Si](C)(C)O[Si](C)(C)O[Si](C)(C)O[Si](C)(C)O[Si](C)(C)O[Si](C)(C)O[Si](C)(C)O[Si](C)(C)C. The minimum atomic E-state index is -2.93. The van der Waals surface area contributed by atoms with Gasteiger partial charge in [0.25, 0.3) is 0 Å². The van der Waals surface area contributed by atoms with Crippen LogP contribution in [0, 0.1) is 0 Å². The predicted molar refractivity (Wildman–Crippen MR) is 543 cm³/mol. The lowest BCUT2D eigenvalue weighted by atomic mass is 10.4. The maximum atomic E-state index is 11.5. The van der Waals surface area contributed by atoms with Crippen LogP contribution in [0.15, 0.2) is 12.8 Å². The predicted octanol–water partition coefficient (Wildman–Crippen LogP) is 22.1. The van der Waals surface area contributed by atoms with Crippen LogP contribution in [-0.2, 0) is 116 Å². The van der Waals surface area contributed by atoms with Crippen LogP contribution >= 0.6 is 0 Å². The van der Waals surface area contributed by atoms with Crippen LogP contribution in [0.2, 0.25) is 366 Å². The summed E-state index contributed by atoms with van der Waals surface area (Å²) in [6.07, 6.45) is 1.86. The van der Waals surface area contributed by atoms with E-state index in [4.69, 9.17) is 112 Å². The molecule has 118 heavy (non-hydrogen) atoms. The summed E-state index contributed by atoms with van der Waals surface area (Å²) in [5.41, 5.74) is 0. The van der Waals surface area contributed by atoms with Crippen LogP contribution in [0.4, 0.5) is 4.79 Å². The van der Waals surface area contributed by atoms with Crippen molar-refractivity contribution in [2.75, 3.05) is 6.61 Å². The third-order valence-corrected chi connectivity index (χ3v) is 119. The zero-order valence-electron chi connectivity index (χ0n) is 85.0. The molecule has 0 aliphatic rings. The lowest BCUT2D eigenvalue weighted by Gasteiger charge is -2.45. The van der Waals surface area contributed by atoms with Gasteiger partial charge in [0.2, 0.25) is 0 Å². The summed E-state index contributed by atoms with van der Waals surface area (Å²) < 4.78 is 190. The molecule has 29 nitrogen and oxygen atoms in total. The highest BCUT2D eigenvalue weighted by atomic mass is 28.6. The molecule has 0 N–H and O–H groups in total. The van der Waals surface area contributed by atoms with Gasteiger partial charge in [-0.1, -0.05) is 13.0 Å². The molecular formula is C62H176O29Si27. The molecule has 0 aromatic carbocycles. The highest BCUT2D eigenvalue weighted by molar-refractivity contribution is 6.98. The fraction of sp³-hybridized carbons (Fsp3) is 0.952. The Hall–Kier alpha value is 3.83. The van der Waals surface area contributed by atoms with Gasteiger partial charge in [0.15, 0.2) is 16.6 Å². The molecular weight excluding hydrogens is 1970 g/mol. The molecule has 0 aliphatic carbocycles. The highest BCUT2D eigenvalue weighted by Crippen LogP contribution is 2.38. The number of unbranched alkanes of at least 4 members (excludes halogenated alkanes) is 1. The Morgan fingerprint density at radius 2 is 0.305 bits per heavy atom. The molecule has 0 aromatic heterocycles. The number of carbonyl (C=O) groups excluding carboxylic acids is 1. The summed E-state index contributed by atoms with van der Waals surface area (Å²) >= 11 is 0. The molecule has 0 radical (unpaired) electrons. The molecule has 0 rings (SSSR count). The van der Waals surface area contributed by atoms with E-state index in [1.54, 1.807) is 0 Å². The number of ether oxygens (including phenoxy) is 2.